The lowest BCUT2D eigenvalue weighted by Crippen LogP contribution is -2.36. The molecule has 0 radical (unpaired) electrons. The zero-order valence-electron chi connectivity index (χ0n) is 17.9. The van der Waals surface area contributed by atoms with Gasteiger partial charge in [0.05, 0.1) is 32.2 Å². The highest BCUT2D eigenvalue weighted by Crippen LogP contribution is 2.21. The number of hydrazone groups is 1. The van der Waals surface area contributed by atoms with Crippen molar-refractivity contribution in [2.45, 2.75) is 13.3 Å². The summed E-state index contributed by atoms with van der Waals surface area (Å²) >= 11 is 0. The summed E-state index contributed by atoms with van der Waals surface area (Å²) in [4.78, 5) is 15.3. The molecule has 0 bridgehead atoms. The van der Waals surface area contributed by atoms with Crippen LogP contribution in [0.15, 0.2) is 53.8 Å². The Kier molecular flexibility index (Phi) is 7.08. The van der Waals surface area contributed by atoms with Crippen molar-refractivity contribution in [2.24, 2.45) is 5.10 Å². The fourth-order valence-corrected chi connectivity index (χ4v) is 3.22. The highest BCUT2D eigenvalue weighted by molar-refractivity contribution is 5.80. The molecule has 32 heavy (non-hydrogen) atoms. The third-order valence-corrected chi connectivity index (χ3v) is 4.86. The van der Waals surface area contributed by atoms with Crippen LogP contribution in [0.25, 0.3) is 0 Å². The second-order valence-electron chi connectivity index (χ2n) is 7.38. The van der Waals surface area contributed by atoms with E-state index in [1.807, 2.05) is 31.2 Å². The summed E-state index contributed by atoms with van der Waals surface area (Å²) in [6, 6.07) is 13.6. The molecule has 2 N–H and O–H groups in total. The molecule has 166 valence electrons. The number of ether oxygens (including phenoxy) is 2. The highest BCUT2D eigenvalue weighted by atomic mass is 16.5. The van der Waals surface area contributed by atoms with Crippen LogP contribution in [-0.2, 0) is 11.2 Å². The fraction of sp³-hybridized carbons (Fsp3) is 0.304. The molecule has 4 rings (SSSR count). The third-order valence-electron chi connectivity index (χ3n) is 4.86. The Morgan fingerprint density at radius 1 is 1.19 bits per heavy atom. The minimum absolute atomic E-state index is 0.137. The van der Waals surface area contributed by atoms with E-state index in [0.717, 1.165) is 30.2 Å². The number of aryl methyl sites for hydroxylation is 1. The smallest absolute Gasteiger partial charge is 0.320 e. The fourth-order valence-electron chi connectivity index (χ4n) is 3.22. The van der Waals surface area contributed by atoms with Gasteiger partial charge in [0.2, 0.25) is 0 Å². The second-order valence-corrected chi connectivity index (χ2v) is 7.38. The average Bonchev–Trinajstić information content (AvgIpc) is 2.81. The number of hydrogen-bond donors (Lipinski definition) is 2. The first-order valence-corrected chi connectivity index (χ1v) is 10.5. The Morgan fingerprint density at radius 2 is 2.06 bits per heavy atom. The molecule has 9 nitrogen and oxygen atoms in total. The van der Waals surface area contributed by atoms with Gasteiger partial charge in [0.15, 0.2) is 5.82 Å². The van der Waals surface area contributed by atoms with Gasteiger partial charge >= 0.3 is 6.01 Å². The molecule has 9 heteroatoms. The van der Waals surface area contributed by atoms with Crippen molar-refractivity contribution >= 4 is 17.9 Å². The number of hydrogen-bond acceptors (Lipinski definition) is 9. The number of pyridine rings is 1. The largest absolute Gasteiger partial charge is 0.506 e. The van der Waals surface area contributed by atoms with E-state index in [1.165, 1.54) is 11.8 Å². The molecule has 1 fully saturated rings. The van der Waals surface area contributed by atoms with E-state index in [4.69, 9.17) is 9.47 Å². The topological polar surface area (TPSA) is 105 Å². The molecule has 3 heterocycles. The number of nitrogens with one attached hydrogen (secondary N) is 1. The van der Waals surface area contributed by atoms with Gasteiger partial charge in [-0.25, -0.2) is 0 Å². The molecule has 0 aliphatic carbocycles. The van der Waals surface area contributed by atoms with Crippen molar-refractivity contribution in [1.29, 1.82) is 0 Å². The highest BCUT2D eigenvalue weighted by Gasteiger charge is 2.15. The van der Waals surface area contributed by atoms with Crippen LogP contribution in [0.1, 0.15) is 16.8 Å². The maximum Gasteiger partial charge on any atom is 0.320 e. The van der Waals surface area contributed by atoms with E-state index in [9.17, 15) is 5.11 Å². The lowest BCUT2D eigenvalue weighted by molar-refractivity contribution is 0.122. The quantitative estimate of drug-likeness (QED) is 0.412. The Hall–Kier alpha value is -3.72. The molecule has 0 atom stereocenters. The van der Waals surface area contributed by atoms with Crippen molar-refractivity contribution in [3.8, 4) is 11.8 Å². The van der Waals surface area contributed by atoms with Gasteiger partial charge in [0.1, 0.15) is 11.6 Å². The van der Waals surface area contributed by atoms with E-state index in [0.29, 0.717) is 32.1 Å². The Morgan fingerprint density at radius 3 is 2.84 bits per heavy atom. The van der Waals surface area contributed by atoms with Crippen LogP contribution in [0.5, 0.6) is 11.8 Å². The molecule has 0 amide bonds. The minimum atomic E-state index is 0.137. The summed E-state index contributed by atoms with van der Waals surface area (Å²) in [5, 5.41) is 13.7. The number of aromatic nitrogens is 3. The maximum absolute atomic E-state index is 9.36. The normalized spacial score (nSPS) is 14.0. The van der Waals surface area contributed by atoms with Crippen molar-refractivity contribution in [3.05, 3.63) is 65.5 Å². The molecule has 3 aromatic rings. The predicted octanol–water partition coefficient (Wildman–Crippen LogP) is 2.79. The number of nitrogens with zero attached hydrogens (tertiary/aromatic N) is 5. The summed E-state index contributed by atoms with van der Waals surface area (Å²) in [6.45, 7) is 5.21. The van der Waals surface area contributed by atoms with Gasteiger partial charge in [-0.3, -0.25) is 10.4 Å². The van der Waals surface area contributed by atoms with E-state index >= 15 is 0 Å². The molecule has 0 unspecified atom stereocenters. The summed E-state index contributed by atoms with van der Waals surface area (Å²) < 4.78 is 11.3. The molecule has 2 aromatic heterocycles. The third kappa shape index (κ3) is 6.14. The average molecular weight is 435 g/mol. The number of benzene rings is 1. The predicted molar refractivity (Wildman–Crippen MR) is 123 cm³/mol. The zero-order valence-corrected chi connectivity index (χ0v) is 17.9. The van der Waals surface area contributed by atoms with Gasteiger partial charge in [0.25, 0.3) is 0 Å². The molecule has 1 aromatic carbocycles. The minimum Gasteiger partial charge on any atom is -0.506 e. The number of morpholine rings is 1. The Bertz CT molecular complexity index is 1050. The standard InChI is InChI=1S/C23H26N6O3/c1-17-3-2-4-18(13-17)15-25-28-21-14-22(29-8-11-31-12-9-29)27-23(26-21)32-10-7-19-5-6-20(30)16-24-19/h2-6,13-16,30H,7-12H2,1H3,(H,26,27,28)/b25-15+. The van der Waals surface area contributed by atoms with Gasteiger partial charge in [-0.05, 0) is 24.6 Å². The lowest BCUT2D eigenvalue weighted by atomic mass is 10.2. The van der Waals surface area contributed by atoms with Crippen LogP contribution in [0.3, 0.4) is 0 Å². The number of rotatable bonds is 8. The van der Waals surface area contributed by atoms with Crippen LogP contribution in [-0.4, -0.2) is 59.2 Å². The van der Waals surface area contributed by atoms with Crippen LogP contribution in [0.4, 0.5) is 11.6 Å². The van der Waals surface area contributed by atoms with E-state index < -0.39 is 0 Å². The van der Waals surface area contributed by atoms with Crippen molar-refractivity contribution < 1.29 is 14.6 Å². The molecule has 1 saturated heterocycles. The second kappa shape index (κ2) is 10.5. The summed E-state index contributed by atoms with van der Waals surface area (Å²) in [5.41, 5.74) is 5.97. The Labute approximate surface area is 186 Å². The van der Waals surface area contributed by atoms with Gasteiger partial charge in [-0.15, -0.1) is 0 Å². The summed E-state index contributed by atoms with van der Waals surface area (Å²) in [7, 11) is 0. The van der Waals surface area contributed by atoms with Crippen molar-refractivity contribution in [1.82, 2.24) is 15.0 Å². The molecule has 1 aliphatic heterocycles. The number of aromatic hydroxyl groups is 1. The van der Waals surface area contributed by atoms with Crippen LogP contribution in [0.2, 0.25) is 0 Å². The number of anilines is 2. The summed E-state index contributed by atoms with van der Waals surface area (Å²) in [6.07, 6.45) is 3.74. The molecule has 1 aliphatic rings. The first-order valence-electron chi connectivity index (χ1n) is 10.5. The van der Waals surface area contributed by atoms with Crippen LogP contribution in [0, 0.1) is 6.92 Å². The summed E-state index contributed by atoms with van der Waals surface area (Å²) in [5.74, 6) is 1.44. The molecular weight excluding hydrogens is 408 g/mol. The first-order chi connectivity index (χ1) is 15.7. The maximum atomic E-state index is 9.36. The molecular formula is C23H26N6O3. The van der Waals surface area contributed by atoms with E-state index in [2.05, 4.69) is 36.4 Å². The first kappa shape index (κ1) is 21.5. The van der Waals surface area contributed by atoms with Crippen LogP contribution >= 0.6 is 0 Å². The lowest BCUT2D eigenvalue weighted by Gasteiger charge is -2.28. The molecule has 0 spiro atoms. The monoisotopic (exact) mass is 434 g/mol. The van der Waals surface area contributed by atoms with Gasteiger partial charge in [0, 0.05) is 31.3 Å². The SMILES string of the molecule is Cc1cccc(/C=N/Nc2cc(N3CCOCC3)nc(OCCc3ccc(O)cn3)n2)c1. The van der Waals surface area contributed by atoms with Crippen LogP contribution < -0.4 is 15.1 Å². The van der Waals surface area contributed by atoms with Gasteiger partial charge < -0.3 is 19.5 Å². The van der Waals surface area contributed by atoms with Gasteiger partial charge in [-0.1, -0.05) is 29.8 Å². The zero-order chi connectivity index (χ0) is 22.2. The van der Waals surface area contributed by atoms with Crippen molar-refractivity contribution in [2.75, 3.05) is 43.2 Å². The van der Waals surface area contributed by atoms with Gasteiger partial charge in [-0.2, -0.15) is 15.1 Å². The van der Waals surface area contributed by atoms with E-state index in [1.54, 1.807) is 18.3 Å². The molecule has 0 saturated carbocycles. The Balaban J connectivity index is 1.46. The van der Waals surface area contributed by atoms with E-state index in [-0.39, 0.29) is 11.8 Å². The van der Waals surface area contributed by atoms with Crippen molar-refractivity contribution in [3.63, 3.8) is 0 Å².